The molecule has 100 valence electrons. The summed E-state index contributed by atoms with van der Waals surface area (Å²) in [6, 6.07) is 9.86. The fraction of sp³-hybridized carbons (Fsp3) is 0.200. The van der Waals surface area contributed by atoms with Gasteiger partial charge in [-0.15, -0.1) is 0 Å². The van der Waals surface area contributed by atoms with Gasteiger partial charge in [0.15, 0.2) is 0 Å². The Balaban J connectivity index is 2.35. The highest BCUT2D eigenvalue weighted by atomic mass is 35.5. The molecule has 2 rings (SSSR count). The molecule has 0 saturated heterocycles. The van der Waals surface area contributed by atoms with E-state index in [2.05, 4.69) is 0 Å². The number of hydrogen-bond donors (Lipinski definition) is 1. The molecule has 0 radical (unpaired) electrons. The molecule has 0 bridgehead atoms. The van der Waals surface area contributed by atoms with Crippen molar-refractivity contribution in [3.05, 3.63) is 58.4 Å². The van der Waals surface area contributed by atoms with Gasteiger partial charge in [-0.2, -0.15) is 0 Å². The predicted molar refractivity (Wildman–Crippen MR) is 75.4 cm³/mol. The van der Waals surface area contributed by atoms with Crippen molar-refractivity contribution in [3.63, 3.8) is 0 Å². The van der Waals surface area contributed by atoms with Crippen LogP contribution in [0.3, 0.4) is 0 Å². The smallest absolute Gasteiger partial charge is 0.132 e. The van der Waals surface area contributed by atoms with Crippen LogP contribution in [0.15, 0.2) is 36.4 Å². The second kappa shape index (κ2) is 6.04. The summed E-state index contributed by atoms with van der Waals surface area (Å²) >= 11 is 6.14. The van der Waals surface area contributed by atoms with Crippen molar-refractivity contribution in [1.29, 1.82) is 0 Å². The Hall–Kier alpha value is -1.58. The van der Waals surface area contributed by atoms with E-state index in [1.165, 1.54) is 12.1 Å². The van der Waals surface area contributed by atoms with Gasteiger partial charge in [-0.25, -0.2) is 4.39 Å². The molecule has 0 atom stereocenters. The average molecular weight is 280 g/mol. The fourth-order valence-electron chi connectivity index (χ4n) is 1.87. The van der Waals surface area contributed by atoms with Crippen LogP contribution in [0, 0.1) is 12.7 Å². The minimum absolute atomic E-state index is 0.280. The van der Waals surface area contributed by atoms with Crippen molar-refractivity contribution in [1.82, 2.24) is 0 Å². The first-order chi connectivity index (χ1) is 9.11. The van der Waals surface area contributed by atoms with E-state index in [-0.39, 0.29) is 5.82 Å². The molecular weight excluding hydrogens is 265 g/mol. The number of aryl methyl sites for hydroxylation is 1. The Morgan fingerprint density at radius 3 is 2.68 bits per heavy atom. The topological polar surface area (TPSA) is 35.2 Å². The van der Waals surface area contributed by atoms with Crippen LogP contribution in [0.25, 0.3) is 0 Å². The second-order valence-corrected chi connectivity index (χ2v) is 4.67. The molecule has 4 heteroatoms. The summed E-state index contributed by atoms with van der Waals surface area (Å²) in [7, 11) is 0. The van der Waals surface area contributed by atoms with E-state index in [1.807, 2.05) is 12.1 Å². The molecule has 0 fully saturated rings. The zero-order valence-electron chi connectivity index (χ0n) is 10.6. The zero-order chi connectivity index (χ0) is 13.8. The van der Waals surface area contributed by atoms with Crippen molar-refractivity contribution in [2.45, 2.75) is 13.3 Å². The van der Waals surface area contributed by atoms with Crippen molar-refractivity contribution in [2.24, 2.45) is 5.73 Å². The maximum absolute atomic E-state index is 13.1. The van der Waals surface area contributed by atoms with Crippen molar-refractivity contribution in [3.8, 4) is 11.5 Å². The van der Waals surface area contributed by atoms with E-state index in [1.54, 1.807) is 19.1 Å². The molecule has 0 aromatic heterocycles. The van der Waals surface area contributed by atoms with Gasteiger partial charge in [-0.05, 0) is 55.8 Å². The van der Waals surface area contributed by atoms with Crippen LogP contribution in [-0.2, 0) is 6.42 Å². The van der Waals surface area contributed by atoms with Gasteiger partial charge in [0.25, 0.3) is 0 Å². The Labute approximate surface area is 117 Å². The van der Waals surface area contributed by atoms with Gasteiger partial charge in [0.1, 0.15) is 17.3 Å². The van der Waals surface area contributed by atoms with E-state index in [0.717, 1.165) is 11.1 Å². The highest BCUT2D eigenvalue weighted by molar-refractivity contribution is 6.31. The molecule has 0 aliphatic carbocycles. The lowest BCUT2D eigenvalue weighted by atomic mass is 10.1. The third-order valence-corrected chi connectivity index (χ3v) is 3.18. The summed E-state index contributed by atoms with van der Waals surface area (Å²) in [6.45, 7) is 2.29. The summed E-state index contributed by atoms with van der Waals surface area (Å²) in [6.07, 6.45) is 0.634. The Kier molecular flexibility index (Phi) is 4.40. The highest BCUT2D eigenvalue weighted by Crippen LogP contribution is 2.32. The van der Waals surface area contributed by atoms with Gasteiger partial charge in [-0.1, -0.05) is 17.7 Å². The number of nitrogens with two attached hydrogens (primary N) is 1. The first-order valence-electron chi connectivity index (χ1n) is 6.03. The SMILES string of the molecule is Cc1cc(F)ccc1Oc1cccc(Cl)c1CCN. The summed E-state index contributed by atoms with van der Waals surface area (Å²) in [4.78, 5) is 0. The van der Waals surface area contributed by atoms with E-state index in [4.69, 9.17) is 22.1 Å². The summed E-state index contributed by atoms with van der Waals surface area (Å²) in [5, 5.41) is 0.628. The zero-order valence-corrected chi connectivity index (χ0v) is 11.4. The van der Waals surface area contributed by atoms with Gasteiger partial charge in [0, 0.05) is 10.6 Å². The molecular formula is C15H15ClFNO. The number of hydrogen-bond acceptors (Lipinski definition) is 2. The predicted octanol–water partition coefficient (Wildman–Crippen LogP) is 4.08. The maximum Gasteiger partial charge on any atom is 0.132 e. The van der Waals surface area contributed by atoms with Gasteiger partial charge in [0.05, 0.1) is 0 Å². The summed E-state index contributed by atoms with van der Waals surface area (Å²) in [5.74, 6) is 0.993. The summed E-state index contributed by atoms with van der Waals surface area (Å²) in [5.41, 5.74) is 7.18. The van der Waals surface area contributed by atoms with Crippen molar-refractivity contribution < 1.29 is 9.13 Å². The standard InChI is InChI=1S/C15H15ClFNO/c1-10-9-11(17)5-6-14(10)19-15-4-2-3-13(16)12(15)7-8-18/h2-6,9H,7-8,18H2,1H3. The molecule has 0 heterocycles. The van der Waals surface area contributed by atoms with Crippen LogP contribution in [0.5, 0.6) is 11.5 Å². The minimum atomic E-state index is -0.280. The highest BCUT2D eigenvalue weighted by Gasteiger charge is 2.10. The monoisotopic (exact) mass is 279 g/mol. The van der Waals surface area contributed by atoms with Crippen LogP contribution in [0.2, 0.25) is 5.02 Å². The third-order valence-electron chi connectivity index (χ3n) is 2.83. The maximum atomic E-state index is 13.1. The summed E-state index contributed by atoms with van der Waals surface area (Å²) < 4.78 is 18.9. The first-order valence-corrected chi connectivity index (χ1v) is 6.41. The average Bonchev–Trinajstić information content (AvgIpc) is 2.37. The van der Waals surface area contributed by atoms with E-state index >= 15 is 0 Å². The minimum Gasteiger partial charge on any atom is -0.457 e. The first kappa shape index (κ1) is 13.8. The van der Waals surface area contributed by atoms with Crippen LogP contribution in [0.1, 0.15) is 11.1 Å². The van der Waals surface area contributed by atoms with Gasteiger partial charge in [0.2, 0.25) is 0 Å². The van der Waals surface area contributed by atoms with Crippen LogP contribution < -0.4 is 10.5 Å². The Bertz CT molecular complexity index is 586. The molecule has 2 aromatic rings. The lowest BCUT2D eigenvalue weighted by molar-refractivity contribution is 0.470. The van der Waals surface area contributed by atoms with E-state index in [0.29, 0.717) is 29.5 Å². The van der Waals surface area contributed by atoms with Crippen LogP contribution >= 0.6 is 11.6 Å². The Morgan fingerprint density at radius 1 is 1.21 bits per heavy atom. The number of rotatable bonds is 4. The van der Waals surface area contributed by atoms with Gasteiger partial charge < -0.3 is 10.5 Å². The van der Waals surface area contributed by atoms with E-state index in [9.17, 15) is 4.39 Å². The second-order valence-electron chi connectivity index (χ2n) is 4.27. The molecule has 0 aliphatic rings. The van der Waals surface area contributed by atoms with Crippen LogP contribution in [0.4, 0.5) is 4.39 Å². The largest absolute Gasteiger partial charge is 0.457 e. The molecule has 2 aromatic carbocycles. The molecule has 0 amide bonds. The lowest BCUT2D eigenvalue weighted by Gasteiger charge is -2.13. The normalized spacial score (nSPS) is 10.5. The van der Waals surface area contributed by atoms with Gasteiger partial charge >= 0.3 is 0 Å². The van der Waals surface area contributed by atoms with Crippen molar-refractivity contribution in [2.75, 3.05) is 6.54 Å². The third kappa shape index (κ3) is 3.25. The molecule has 2 nitrogen and oxygen atoms in total. The molecule has 0 unspecified atom stereocenters. The quantitative estimate of drug-likeness (QED) is 0.915. The van der Waals surface area contributed by atoms with Gasteiger partial charge in [-0.3, -0.25) is 0 Å². The lowest BCUT2D eigenvalue weighted by Crippen LogP contribution is -2.05. The van der Waals surface area contributed by atoms with Crippen LogP contribution in [-0.4, -0.2) is 6.54 Å². The fourth-order valence-corrected chi connectivity index (χ4v) is 2.13. The number of halogens is 2. The molecule has 0 saturated carbocycles. The molecule has 2 N–H and O–H groups in total. The molecule has 19 heavy (non-hydrogen) atoms. The Morgan fingerprint density at radius 2 is 2.00 bits per heavy atom. The number of ether oxygens (including phenoxy) is 1. The van der Waals surface area contributed by atoms with E-state index < -0.39 is 0 Å². The molecule has 0 aliphatic heterocycles. The number of benzene rings is 2. The van der Waals surface area contributed by atoms with Crippen molar-refractivity contribution >= 4 is 11.6 Å². The molecule has 0 spiro atoms.